The molecule has 3 aromatic rings. The molecule has 1 atom stereocenters. The van der Waals surface area contributed by atoms with Gasteiger partial charge in [-0.25, -0.2) is 0 Å². The number of methoxy groups -OCH3 is 1. The van der Waals surface area contributed by atoms with Gasteiger partial charge in [0.05, 0.1) is 7.11 Å². The van der Waals surface area contributed by atoms with E-state index in [9.17, 15) is 9.59 Å². The summed E-state index contributed by atoms with van der Waals surface area (Å²) >= 11 is 0. The summed E-state index contributed by atoms with van der Waals surface area (Å²) in [7, 11) is 1.60. The Bertz CT molecular complexity index is 1110. The largest absolute Gasteiger partial charge is 0.497 e. The SMILES string of the molecule is CC[C@H](C(=O)NC(C)(C)C)N(Cc1ccc(OC)cc1)C(=O)Cn1nnc(-c2ccc(C)o2)n1. The lowest BCUT2D eigenvalue weighted by atomic mass is 10.1. The number of tetrazole rings is 1. The zero-order valence-corrected chi connectivity index (χ0v) is 20.5. The van der Waals surface area contributed by atoms with Crippen molar-refractivity contribution < 1.29 is 18.7 Å². The number of carbonyl (C=O) groups is 2. The summed E-state index contributed by atoms with van der Waals surface area (Å²) in [5.41, 5.74) is 0.442. The molecule has 10 heteroatoms. The molecule has 3 rings (SSSR count). The zero-order chi connectivity index (χ0) is 24.9. The van der Waals surface area contributed by atoms with Crippen LogP contribution in [0.4, 0.5) is 0 Å². The predicted octanol–water partition coefficient (Wildman–Crippen LogP) is 2.97. The highest BCUT2D eigenvalue weighted by Crippen LogP contribution is 2.19. The normalized spacial score (nSPS) is 12.3. The molecular formula is C24H32N6O4. The maximum Gasteiger partial charge on any atom is 0.247 e. The third-order valence-corrected chi connectivity index (χ3v) is 5.09. The van der Waals surface area contributed by atoms with Gasteiger partial charge in [0.1, 0.15) is 24.1 Å². The van der Waals surface area contributed by atoms with E-state index in [1.165, 1.54) is 4.80 Å². The van der Waals surface area contributed by atoms with Crippen molar-refractivity contribution in [2.24, 2.45) is 0 Å². The Hall–Kier alpha value is -3.69. The van der Waals surface area contributed by atoms with Gasteiger partial charge < -0.3 is 19.4 Å². The number of hydrogen-bond donors (Lipinski definition) is 1. The van der Waals surface area contributed by atoms with Crippen molar-refractivity contribution in [3.8, 4) is 17.3 Å². The van der Waals surface area contributed by atoms with Gasteiger partial charge in [-0.05, 0) is 69.2 Å². The van der Waals surface area contributed by atoms with Gasteiger partial charge in [0.25, 0.3) is 0 Å². The molecule has 2 amide bonds. The quantitative estimate of drug-likeness (QED) is 0.513. The minimum atomic E-state index is -0.662. The fraction of sp³-hybridized carbons (Fsp3) is 0.458. The van der Waals surface area contributed by atoms with Crippen LogP contribution in [0.3, 0.4) is 0 Å². The molecule has 34 heavy (non-hydrogen) atoms. The number of aryl methyl sites for hydroxylation is 1. The first kappa shape index (κ1) is 24.9. The lowest BCUT2D eigenvalue weighted by Crippen LogP contribution is -2.54. The van der Waals surface area contributed by atoms with Gasteiger partial charge in [-0.1, -0.05) is 19.1 Å². The molecule has 0 aliphatic carbocycles. The lowest BCUT2D eigenvalue weighted by Gasteiger charge is -2.33. The molecule has 1 aromatic carbocycles. The van der Waals surface area contributed by atoms with Crippen LogP contribution in [0.15, 0.2) is 40.8 Å². The molecule has 0 aliphatic heterocycles. The van der Waals surface area contributed by atoms with E-state index in [0.717, 1.165) is 11.3 Å². The summed E-state index contributed by atoms with van der Waals surface area (Å²) in [5, 5.41) is 15.2. The van der Waals surface area contributed by atoms with Crippen LogP contribution in [-0.4, -0.2) is 55.6 Å². The summed E-state index contributed by atoms with van der Waals surface area (Å²) in [6.45, 7) is 9.51. The van der Waals surface area contributed by atoms with Gasteiger partial charge in [-0.2, -0.15) is 4.80 Å². The first-order valence-electron chi connectivity index (χ1n) is 11.2. The molecule has 0 saturated carbocycles. The van der Waals surface area contributed by atoms with E-state index in [2.05, 4.69) is 20.7 Å². The Morgan fingerprint density at radius 3 is 2.44 bits per heavy atom. The Labute approximate surface area is 199 Å². The van der Waals surface area contributed by atoms with Crippen molar-refractivity contribution >= 4 is 11.8 Å². The molecule has 2 aromatic heterocycles. The van der Waals surface area contributed by atoms with Crippen molar-refractivity contribution in [2.45, 2.75) is 65.7 Å². The number of nitrogens with one attached hydrogen (secondary N) is 1. The van der Waals surface area contributed by atoms with Crippen LogP contribution in [0.5, 0.6) is 5.75 Å². The first-order chi connectivity index (χ1) is 16.1. The number of carbonyl (C=O) groups excluding carboxylic acids is 2. The lowest BCUT2D eigenvalue weighted by molar-refractivity contribution is -0.142. The van der Waals surface area contributed by atoms with Crippen molar-refractivity contribution in [1.29, 1.82) is 0 Å². The average molecular weight is 469 g/mol. The number of ether oxygens (including phenoxy) is 1. The third-order valence-electron chi connectivity index (χ3n) is 5.09. The minimum Gasteiger partial charge on any atom is -0.497 e. The van der Waals surface area contributed by atoms with Crippen molar-refractivity contribution in [3.63, 3.8) is 0 Å². The Kier molecular flexibility index (Phi) is 7.70. The molecule has 2 heterocycles. The number of rotatable bonds is 9. The molecule has 0 spiro atoms. The van der Waals surface area contributed by atoms with Crippen molar-refractivity contribution in [3.05, 3.63) is 47.7 Å². The van der Waals surface area contributed by atoms with Gasteiger partial charge in [-0.15, -0.1) is 10.2 Å². The molecule has 1 N–H and O–H groups in total. The van der Waals surface area contributed by atoms with Crippen LogP contribution in [0, 0.1) is 6.92 Å². The topological polar surface area (TPSA) is 115 Å². The van der Waals surface area contributed by atoms with E-state index in [1.807, 2.05) is 58.9 Å². The maximum absolute atomic E-state index is 13.4. The molecule has 182 valence electrons. The van der Waals surface area contributed by atoms with Crippen molar-refractivity contribution in [1.82, 2.24) is 30.4 Å². The molecular weight excluding hydrogens is 436 g/mol. The fourth-order valence-electron chi connectivity index (χ4n) is 3.48. The van der Waals surface area contributed by atoms with Crippen LogP contribution in [0.1, 0.15) is 45.4 Å². The molecule has 10 nitrogen and oxygen atoms in total. The van der Waals surface area contributed by atoms with E-state index in [4.69, 9.17) is 9.15 Å². The number of amides is 2. The first-order valence-corrected chi connectivity index (χ1v) is 11.2. The number of nitrogens with zero attached hydrogens (tertiary/aromatic N) is 5. The standard InChI is InChI=1S/C24H32N6O4/c1-7-19(23(32)25-24(3,4)5)29(14-17-9-11-18(33-6)12-10-17)21(31)15-30-27-22(26-28-30)20-13-8-16(2)34-20/h8-13,19H,7,14-15H2,1-6H3,(H,25,32)/t19-/m1/s1. The summed E-state index contributed by atoms with van der Waals surface area (Å²) in [6, 6.07) is 10.3. The summed E-state index contributed by atoms with van der Waals surface area (Å²) in [5.74, 6) is 1.69. The van der Waals surface area contributed by atoms with Crippen LogP contribution >= 0.6 is 0 Å². The second-order valence-corrected chi connectivity index (χ2v) is 9.09. The molecule has 0 bridgehead atoms. The minimum absolute atomic E-state index is 0.165. The molecule has 0 saturated heterocycles. The van der Waals surface area contributed by atoms with E-state index >= 15 is 0 Å². The summed E-state index contributed by atoms with van der Waals surface area (Å²) < 4.78 is 10.8. The number of furan rings is 1. The number of hydrogen-bond acceptors (Lipinski definition) is 7. The Morgan fingerprint density at radius 2 is 1.88 bits per heavy atom. The second kappa shape index (κ2) is 10.5. The van der Waals surface area contributed by atoms with Crippen LogP contribution in [-0.2, 0) is 22.7 Å². The smallest absolute Gasteiger partial charge is 0.247 e. The van der Waals surface area contributed by atoms with Crippen LogP contribution in [0.2, 0.25) is 0 Å². The van der Waals surface area contributed by atoms with E-state index < -0.39 is 11.6 Å². The van der Waals surface area contributed by atoms with E-state index in [-0.39, 0.29) is 24.9 Å². The highest BCUT2D eigenvalue weighted by atomic mass is 16.5. The number of aromatic nitrogens is 4. The number of benzene rings is 1. The van der Waals surface area contributed by atoms with Gasteiger partial charge >= 0.3 is 0 Å². The maximum atomic E-state index is 13.4. The second-order valence-electron chi connectivity index (χ2n) is 9.09. The van der Waals surface area contributed by atoms with Gasteiger partial charge in [-0.3, -0.25) is 9.59 Å². The van der Waals surface area contributed by atoms with Gasteiger partial charge in [0.2, 0.25) is 17.6 Å². The highest BCUT2D eigenvalue weighted by Gasteiger charge is 2.31. The van der Waals surface area contributed by atoms with Crippen molar-refractivity contribution in [2.75, 3.05) is 7.11 Å². The monoisotopic (exact) mass is 468 g/mol. The van der Waals surface area contributed by atoms with Gasteiger partial charge in [0, 0.05) is 12.1 Å². The molecule has 0 radical (unpaired) electrons. The summed E-state index contributed by atoms with van der Waals surface area (Å²) in [6.07, 6.45) is 0.450. The zero-order valence-electron chi connectivity index (χ0n) is 20.5. The Balaban J connectivity index is 1.84. The van der Waals surface area contributed by atoms with Crippen LogP contribution < -0.4 is 10.1 Å². The fourth-order valence-corrected chi connectivity index (χ4v) is 3.48. The molecule has 0 unspecified atom stereocenters. The third kappa shape index (κ3) is 6.43. The molecule has 0 fully saturated rings. The highest BCUT2D eigenvalue weighted by molar-refractivity contribution is 5.88. The molecule has 0 aliphatic rings. The average Bonchev–Trinajstić information content (AvgIpc) is 3.41. The van der Waals surface area contributed by atoms with Gasteiger partial charge in [0.15, 0.2) is 5.76 Å². The summed E-state index contributed by atoms with van der Waals surface area (Å²) in [4.78, 5) is 29.3. The Morgan fingerprint density at radius 1 is 1.18 bits per heavy atom. The predicted molar refractivity (Wildman–Crippen MR) is 126 cm³/mol. The van der Waals surface area contributed by atoms with Crippen LogP contribution in [0.25, 0.3) is 11.6 Å². The van der Waals surface area contributed by atoms with E-state index in [1.54, 1.807) is 24.1 Å². The van der Waals surface area contributed by atoms with E-state index in [0.29, 0.717) is 23.8 Å².